The van der Waals surface area contributed by atoms with Crippen molar-refractivity contribution in [3.05, 3.63) is 65.7 Å². The molecule has 0 spiro atoms. The Kier molecular flexibility index (Phi) is 9.42. The maximum atomic E-state index is 12.1. The van der Waals surface area contributed by atoms with Gasteiger partial charge in [-0.2, -0.15) is 0 Å². The predicted molar refractivity (Wildman–Crippen MR) is 107 cm³/mol. The highest BCUT2D eigenvalue weighted by molar-refractivity contribution is 5.75. The van der Waals surface area contributed by atoms with Crippen molar-refractivity contribution in [2.24, 2.45) is 0 Å². The van der Waals surface area contributed by atoms with Crippen molar-refractivity contribution in [2.75, 3.05) is 13.7 Å². The summed E-state index contributed by atoms with van der Waals surface area (Å²) in [7, 11) is 1.40. The minimum absolute atomic E-state index is 0.344. The van der Waals surface area contributed by atoms with Gasteiger partial charge in [0.2, 0.25) is 0 Å². The van der Waals surface area contributed by atoms with Crippen LogP contribution in [0.1, 0.15) is 43.7 Å². The monoisotopic (exact) mass is 370 g/mol. The number of benzene rings is 2. The number of esters is 1. The molecule has 2 aromatic rings. The molecule has 1 atom stereocenters. The zero-order valence-electron chi connectivity index (χ0n) is 16.4. The van der Waals surface area contributed by atoms with Crippen molar-refractivity contribution >= 4 is 5.97 Å². The van der Waals surface area contributed by atoms with Crippen LogP contribution in [0.5, 0.6) is 5.75 Å². The molecule has 146 valence electrons. The molecule has 2 rings (SSSR count). The molecule has 4 heteroatoms. The van der Waals surface area contributed by atoms with Gasteiger partial charge in [0.05, 0.1) is 7.11 Å². The Labute approximate surface area is 162 Å². The summed E-state index contributed by atoms with van der Waals surface area (Å²) >= 11 is 0. The summed E-state index contributed by atoms with van der Waals surface area (Å²) < 4.78 is 16.7. The number of carbonyl (C=O) groups excluding carboxylic acids is 1. The first-order chi connectivity index (χ1) is 13.2. The van der Waals surface area contributed by atoms with Crippen LogP contribution in [0.4, 0.5) is 0 Å². The van der Waals surface area contributed by atoms with Gasteiger partial charge in [-0.15, -0.1) is 0 Å². The molecule has 27 heavy (non-hydrogen) atoms. The Morgan fingerprint density at radius 2 is 1.70 bits per heavy atom. The molecule has 0 radical (unpaired) electrons. The summed E-state index contributed by atoms with van der Waals surface area (Å²) in [5.41, 5.74) is 2.04. The number of carbonyl (C=O) groups is 1. The Morgan fingerprint density at radius 3 is 2.44 bits per heavy atom. The Balaban J connectivity index is 1.98. The molecule has 0 bridgehead atoms. The Morgan fingerprint density at radius 1 is 0.963 bits per heavy atom. The third kappa shape index (κ3) is 7.43. The first kappa shape index (κ1) is 21.0. The number of methoxy groups -OCH3 is 1. The maximum Gasteiger partial charge on any atom is 0.335 e. The molecule has 0 saturated carbocycles. The third-order valence-corrected chi connectivity index (χ3v) is 4.40. The molecule has 0 N–H and O–H groups in total. The highest BCUT2D eigenvalue weighted by Gasteiger charge is 2.22. The molecular formula is C23H30O4. The smallest absolute Gasteiger partial charge is 0.335 e. The minimum Gasteiger partial charge on any atom is -0.489 e. The first-order valence-corrected chi connectivity index (χ1v) is 9.68. The predicted octanol–water partition coefficient (Wildman–Crippen LogP) is 4.95. The molecular weight excluding hydrogens is 340 g/mol. The average molecular weight is 370 g/mol. The van der Waals surface area contributed by atoms with Crippen LogP contribution >= 0.6 is 0 Å². The van der Waals surface area contributed by atoms with E-state index < -0.39 is 6.10 Å². The fraction of sp³-hybridized carbons (Fsp3) is 0.435. The second-order valence-corrected chi connectivity index (χ2v) is 6.53. The van der Waals surface area contributed by atoms with Crippen LogP contribution < -0.4 is 4.74 Å². The molecule has 0 saturated heterocycles. The van der Waals surface area contributed by atoms with Gasteiger partial charge < -0.3 is 14.2 Å². The Hall–Kier alpha value is -2.33. The van der Waals surface area contributed by atoms with Gasteiger partial charge in [-0.05, 0) is 23.6 Å². The quantitative estimate of drug-likeness (QED) is 0.392. The molecule has 4 nitrogen and oxygen atoms in total. The SMILES string of the molecule is CCCCCCOC(Cc1ccccc1OCc1ccccc1)C(=O)OC. The van der Waals surface area contributed by atoms with Gasteiger partial charge in [0.1, 0.15) is 12.4 Å². The summed E-state index contributed by atoms with van der Waals surface area (Å²) in [5.74, 6) is 0.424. The van der Waals surface area contributed by atoms with Crippen LogP contribution in [0, 0.1) is 0 Å². The van der Waals surface area contributed by atoms with Crippen molar-refractivity contribution in [2.45, 2.75) is 51.7 Å². The lowest BCUT2D eigenvalue weighted by Crippen LogP contribution is -2.28. The van der Waals surface area contributed by atoms with Crippen LogP contribution in [0.25, 0.3) is 0 Å². The van der Waals surface area contributed by atoms with Crippen molar-refractivity contribution in [3.63, 3.8) is 0 Å². The summed E-state index contributed by atoms with van der Waals surface area (Å²) in [4.78, 5) is 12.1. The van der Waals surface area contributed by atoms with Gasteiger partial charge in [0.15, 0.2) is 6.10 Å². The van der Waals surface area contributed by atoms with Crippen LogP contribution in [-0.4, -0.2) is 25.8 Å². The molecule has 0 aliphatic rings. The molecule has 0 heterocycles. The van der Waals surface area contributed by atoms with Gasteiger partial charge in [0.25, 0.3) is 0 Å². The number of ether oxygens (including phenoxy) is 3. The van der Waals surface area contributed by atoms with Crippen LogP contribution in [-0.2, 0) is 27.3 Å². The summed E-state index contributed by atoms with van der Waals surface area (Å²) in [6.07, 6.45) is 4.24. The topological polar surface area (TPSA) is 44.8 Å². The van der Waals surface area contributed by atoms with E-state index in [9.17, 15) is 4.79 Å². The number of para-hydroxylation sites is 1. The summed E-state index contributed by atoms with van der Waals surface area (Å²) in [6.45, 7) is 3.22. The summed E-state index contributed by atoms with van der Waals surface area (Å²) in [5, 5.41) is 0. The van der Waals surface area contributed by atoms with E-state index in [1.807, 2.05) is 54.6 Å². The lowest BCUT2D eigenvalue weighted by molar-refractivity contribution is -0.154. The van der Waals surface area contributed by atoms with E-state index in [-0.39, 0.29) is 5.97 Å². The lowest BCUT2D eigenvalue weighted by Gasteiger charge is -2.18. The van der Waals surface area contributed by atoms with E-state index in [0.717, 1.165) is 29.7 Å². The van der Waals surface area contributed by atoms with Crippen molar-refractivity contribution in [1.82, 2.24) is 0 Å². The molecule has 1 unspecified atom stereocenters. The van der Waals surface area contributed by atoms with Crippen LogP contribution in [0.2, 0.25) is 0 Å². The third-order valence-electron chi connectivity index (χ3n) is 4.40. The summed E-state index contributed by atoms with van der Waals surface area (Å²) in [6, 6.07) is 17.8. The van der Waals surface area contributed by atoms with E-state index in [1.54, 1.807) is 0 Å². The lowest BCUT2D eigenvalue weighted by atomic mass is 10.1. The van der Waals surface area contributed by atoms with Gasteiger partial charge in [-0.1, -0.05) is 74.7 Å². The van der Waals surface area contributed by atoms with Crippen molar-refractivity contribution in [1.29, 1.82) is 0 Å². The molecule has 0 aliphatic heterocycles. The van der Waals surface area contributed by atoms with Crippen LogP contribution in [0.15, 0.2) is 54.6 Å². The van der Waals surface area contributed by atoms with Crippen molar-refractivity contribution in [3.8, 4) is 5.75 Å². The molecule has 0 aromatic heterocycles. The fourth-order valence-electron chi connectivity index (χ4n) is 2.84. The van der Waals surface area contributed by atoms with Crippen molar-refractivity contribution < 1.29 is 19.0 Å². The zero-order chi connectivity index (χ0) is 19.3. The maximum absolute atomic E-state index is 12.1. The van der Waals surface area contributed by atoms with Gasteiger partial charge in [-0.25, -0.2) is 4.79 Å². The largest absolute Gasteiger partial charge is 0.489 e. The molecule has 0 amide bonds. The van der Waals surface area contributed by atoms with Gasteiger partial charge in [0, 0.05) is 13.0 Å². The first-order valence-electron chi connectivity index (χ1n) is 9.68. The number of rotatable bonds is 12. The number of hydrogen-bond acceptors (Lipinski definition) is 4. The van der Waals surface area contributed by atoms with E-state index in [2.05, 4.69) is 6.92 Å². The fourth-order valence-corrected chi connectivity index (χ4v) is 2.84. The van der Waals surface area contributed by atoms with E-state index in [1.165, 1.54) is 20.0 Å². The number of unbranched alkanes of at least 4 members (excludes halogenated alkanes) is 3. The average Bonchev–Trinajstić information content (AvgIpc) is 2.72. The van der Waals surface area contributed by atoms with E-state index in [0.29, 0.717) is 19.6 Å². The van der Waals surface area contributed by atoms with E-state index in [4.69, 9.17) is 14.2 Å². The highest BCUT2D eigenvalue weighted by atomic mass is 16.6. The highest BCUT2D eigenvalue weighted by Crippen LogP contribution is 2.22. The van der Waals surface area contributed by atoms with Crippen LogP contribution in [0.3, 0.4) is 0 Å². The standard InChI is InChI=1S/C23H30O4/c1-3-4-5-11-16-26-22(23(24)25-2)17-20-14-9-10-15-21(20)27-18-19-12-7-6-8-13-19/h6-10,12-15,22H,3-5,11,16-18H2,1-2H3. The molecule has 0 fully saturated rings. The zero-order valence-corrected chi connectivity index (χ0v) is 16.4. The van der Waals surface area contributed by atoms with Gasteiger partial charge in [-0.3, -0.25) is 0 Å². The normalized spacial score (nSPS) is 11.8. The van der Waals surface area contributed by atoms with E-state index >= 15 is 0 Å². The number of hydrogen-bond donors (Lipinski definition) is 0. The minimum atomic E-state index is -0.613. The molecule has 0 aliphatic carbocycles. The Bertz CT molecular complexity index is 669. The van der Waals surface area contributed by atoms with Gasteiger partial charge >= 0.3 is 5.97 Å². The second kappa shape index (κ2) is 12.1. The second-order valence-electron chi connectivity index (χ2n) is 6.53. The molecule has 2 aromatic carbocycles.